The molecule has 2 aromatic carbocycles. The molecule has 1 aliphatic heterocycles. The first-order valence-electron chi connectivity index (χ1n) is 8.65. The molecule has 2 heterocycles. The van der Waals surface area contributed by atoms with Crippen molar-refractivity contribution in [1.29, 1.82) is 0 Å². The zero-order valence-electron chi connectivity index (χ0n) is 14.8. The van der Waals surface area contributed by atoms with Crippen LogP contribution in [0.3, 0.4) is 0 Å². The maximum absolute atomic E-state index is 12.9. The Hall–Kier alpha value is -4.00. The van der Waals surface area contributed by atoms with Crippen LogP contribution in [0.5, 0.6) is 0 Å². The number of amides is 4. The van der Waals surface area contributed by atoms with Gasteiger partial charge in [0.2, 0.25) is 0 Å². The van der Waals surface area contributed by atoms with E-state index >= 15 is 0 Å². The number of hydrazine groups is 1. The summed E-state index contributed by atoms with van der Waals surface area (Å²) in [6.45, 7) is -0.237. The number of carbonyl (C=O) groups excluding carboxylic acids is 3. The van der Waals surface area contributed by atoms with Crippen LogP contribution in [0.1, 0.15) is 10.4 Å². The zero-order valence-corrected chi connectivity index (χ0v) is 14.8. The molecular weight excluding hydrogens is 356 g/mol. The molecule has 138 valence electrons. The molecule has 28 heavy (non-hydrogen) atoms. The molecule has 7 nitrogen and oxygen atoms in total. The van der Waals surface area contributed by atoms with Crippen molar-refractivity contribution in [3.05, 3.63) is 84.7 Å². The third-order valence-electron chi connectivity index (χ3n) is 4.37. The van der Waals surface area contributed by atoms with E-state index < -0.39 is 17.8 Å². The number of anilines is 1. The Morgan fingerprint density at radius 1 is 0.893 bits per heavy atom. The predicted octanol–water partition coefficient (Wildman–Crippen LogP) is 2.86. The van der Waals surface area contributed by atoms with Gasteiger partial charge in [0.25, 0.3) is 11.8 Å². The highest BCUT2D eigenvalue weighted by Gasteiger charge is 2.39. The highest BCUT2D eigenvalue weighted by atomic mass is 16.2. The van der Waals surface area contributed by atoms with Crippen LogP contribution in [0.2, 0.25) is 0 Å². The topological polar surface area (TPSA) is 82.6 Å². The largest absolute Gasteiger partial charge is 0.350 e. The average Bonchev–Trinajstić information content (AvgIpc) is 3.02. The molecule has 7 heteroatoms. The third kappa shape index (κ3) is 3.21. The van der Waals surface area contributed by atoms with Crippen molar-refractivity contribution in [1.82, 2.24) is 15.4 Å². The minimum Gasteiger partial charge on any atom is -0.272 e. The molecule has 1 aliphatic rings. The van der Waals surface area contributed by atoms with E-state index in [1.165, 1.54) is 24.5 Å². The molecule has 4 rings (SSSR count). The molecule has 4 amide bonds. The number of urea groups is 1. The minimum atomic E-state index is -0.601. The third-order valence-corrected chi connectivity index (χ3v) is 4.37. The number of nitrogens with zero attached hydrogens (tertiary/aromatic N) is 3. The predicted molar refractivity (Wildman–Crippen MR) is 103 cm³/mol. The van der Waals surface area contributed by atoms with Gasteiger partial charge in [0, 0.05) is 23.5 Å². The van der Waals surface area contributed by atoms with Crippen LogP contribution in [0.25, 0.3) is 11.1 Å². The average molecular weight is 372 g/mol. The van der Waals surface area contributed by atoms with Crippen LogP contribution in [-0.4, -0.2) is 34.4 Å². The van der Waals surface area contributed by atoms with Gasteiger partial charge in [-0.15, -0.1) is 0 Å². The van der Waals surface area contributed by atoms with Crippen LogP contribution < -0.4 is 10.3 Å². The molecule has 1 N–H and O–H groups in total. The summed E-state index contributed by atoms with van der Waals surface area (Å²) in [6, 6.07) is 19.1. The number of imide groups is 1. The summed E-state index contributed by atoms with van der Waals surface area (Å²) in [5, 5.41) is 1.02. The standard InChI is InChI=1S/C21H16N4O3/c26-19-14-24(23-20(27)16-10-12-22-13-11-16)21(28)25(19)18-9-5-4-8-17(18)15-6-2-1-3-7-15/h1-13H,14H2,(H,23,27). The first kappa shape index (κ1) is 17.4. The summed E-state index contributed by atoms with van der Waals surface area (Å²) < 4.78 is 0. The number of benzene rings is 2. The Labute approximate surface area is 161 Å². The second-order valence-electron chi connectivity index (χ2n) is 6.16. The number of para-hydroxylation sites is 1. The Morgan fingerprint density at radius 2 is 1.57 bits per heavy atom. The molecule has 0 radical (unpaired) electrons. The van der Waals surface area contributed by atoms with Crippen LogP contribution in [0, 0.1) is 0 Å². The van der Waals surface area contributed by atoms with Crippen LogP contribution in [0.15, 0.2) is 79.1 Å². The number of pyridine rings is 1. The number of aromatic nitrogens is 1. The summed E-state index contributed by atoms with van der Waals surface area (Å²) in [4.78, 5) is 42.7. The number of rotatable bonds is 4. The van der Waals surface area contributed by atoms with Crippen LogP contribution >= 0.6 is 0 Å². The summed E-state index contributed by atoms with van der Waals surface area (Å²) in [6.07, 6.45) is 2.96. The van der Waals surface area contributed by atoms with E-state index in [0.29, 0.717) is 11.3 Å². The smallest absolute Gasteiger partial charge is 0.272 e. The number of hydrogen-bond acceptors (Lipinski definition) is 4. The molecule has 0 atom stereocenters. The Morgan fingerprint density at radius 3 is 2.32 bits per heavy atom. The summed E-state index contributed by atoms with van der Waals surface area (Å²) in [5.41, 5.74) is 4.95. The lowest BCUT2D eigenvalue weighted by Gasteiger charge is -2.20. The fourth-order valence-electron chi connectivity index (χ4n) is 3.05. The van der Waals surface area contributed by atoms with Crippen LogP contribution in [0.4, 0.5) is 10.5 Å². The second kappa shape index (κ2) is 7.32. The van der Waals surface area contributed by atoms with Gasteiger partial charge in [0.05, 0.1) is 5.69 Å². The molecule has 0 bridgehead atoms. The van der Waals surface area contributed by atoms with Crippen molar-refractivity contribution in [2.24, 2.45) is 0 Å². The van der Waals surface area contributed by atoms with Crippen molar-refractivity contribution >= 4 is 23.5 Å². The van der Waals surface area contributed by atoms with Crippen molar-refractivity contribution in [3.8, 4) is 11.1 Å². The molecule has 3 aromatic rings. The van der Waals surface area contributed by atoms with Crippen molar-refractivity contribution in [2.45, 2.75) is 0 Å². The molecule has 0 spiro atoms. The SMILES string of the molecule is O=C(NN1CC(=O)N(c2ccccc2-c2ccccc2)C1=O)c1ccncc1. The molecule has 0 saturated carbocycles. The maximum Gasteiger partial charge on any atom is 0.350 e. The van der Waals surface area contributed by atoms with Gasteiger partial charge < -0.3 is 0 Å². The molecule has 1 fully saturated rings. The van der Waals surface area contributed by atoms with Gasteiger partial charge in [-0.2, -0.15) is 0 Å². The highest BCUT2D eigenvalue weighted by molar-refractivity contribution is 6.21. The van der Waals surface area contributed by atoms with Crippen molar-refractivity contribution < 1.29 is 14.4 Å². The first-order chi connectivity index (χ1) is 13.6. The van der Waals surface area contributed by atoms with Gasteiger partial charge in [-0.1, -0.05) is 48.5 Å². The molecule has 0 aliphatic carbocycles. The van der Waals surface area contributed by atoms with Gasteiger partial charge in [-0.25, -0.2) is 14.7 Å². The summed E-state index contributed by atoms with van der Waals surface area (Å²) in [5.74, 6) is -0.898. The zero-order chi connectivity index (χ0) is 19.5. The molecule has 1 saturated heterocycles. The monoisotopic (exact) mass is 372 g/mol. The Bertz CT molecular complexity index is 1040. The number of carbonyl (C=O) groups is 3. The van der Waals surface area contributed by atoms with Crippen LogP contribution in [-0.2, 0) is 4.79 Å². The van der Waals surface area contributed by atoms with E-state index in [9.17, 15) is 14.4 Å². The summed E-state index contributed by atoms with van der Waals surface area (Å²) in [7, 11) is 0. The molecular formula is C21H16N4O3. The van der Waals surface area contributed by atoms with Crippen molar-refractivity contribution in [2.75, 3.05) is 11.4 Å². The number of nitrogens with one attached hydrogen (secondary N) is 1. The Balaban J connectivity index is 1.62. The molecule has 0 unspecified atom stereocenters. The van der Waals surface area contributed by atoms with E-state index in [4.69, 9.17) is 0 Å². The quantitative estimate of drug-likeness (QED) is 0.714. The van der Waals surface area contributed by atoms with Crippen molar-refractivity contribution in [3.63, 3.8) is 0 Å². The molecule has 1 aromatic heterocycles. The van der Waals surface area contributed by atoms with Gasteiger partial charge in [0.15, 0.2) is 0 Å². The van der Waals surface area contributed by atoms with E-state index in [0.717, 1.165) is 21.0 Å². The lowest BCUT2D eigenvalue weighted by atomic mass is 10.0. The summed E-state index contributed by atoms with van der Waals surface area (Å²) >= 11 is 0. The maximum atomic E-state index is 12.9. The Kier molecular flexibility index (Phi) is 4.55. The normalized spacial score (nSPS) is 13.7. The minimum absolute atomic E-state index is 0.237. The number of hydrogen-bond donors (Lipinski definition) is 1. The first-order valence-corrected chi connectivity index (χ1v) is 8.65. The van der Waals surface area contributed by atoms with E-state index in [1.54, 1.807) is 12.1 Å². The lowest BCUT2D eigenvalue weighted by Crippen LogP contribution is -2.45. The van der Waals surface area contributed by atoms with Gasteiger partial charge in [0.1, 0.15) is 6.54 Å². The van der Waals surface area contributed by atoms with Gasteiger partial charge in [-0.05, 0) is 23.8 Å². The fourth-order valence-corrected chi connectivity index (χ4v) is 3.05. The second-order valence-corrected chi connectivity index (χ2v) is 6.16. The fraction of sp³-hybridized carbons (Fsp3) is 0.0476. The van der Waals surface area contributed by atoms with E-state index in [1.807, 2.05) is 42.5 Å². The van der Waals surface area contributed by atoms with E-state index in [2.05, 4.69) is 10.4 Å². The van der Waals surface area contributed by atoms with E-state index in [-0.39, 0.29) is 6.54 Å². The van der Waals surface area contributed by atoms with Gasteiger partial charge >= 0.3 is 6.03 Å². The lowest BCUT2D eigenvalue weighted by molar-refractivity contribution is -0.116. The van der Waals surface area contributed by atoms with Gasteiger partial charge in [-0.3, -0.25) is 20.0 Å². The highest BCUT2D eigenvalue weighted by Crippen LogP contribution is 2.32.